The molecule has 1 N–H and O–H groups in total. The van der Waals surface area contributed by atoms with Crippen LogP contribution >= 0.6 is 23.1 Å². The highest BCUT2D eigenvalue weighted by atomic mass is 32.2. The third kappa shape index (κ3) is 4.42. The lowest BCUT2D eigenvalue weighted by Gasteiger charge is -2.08. The number of aromatic nitrogens is 5. The number of carbonyl (C=O) groups excluding carboxylic acids is 1. The molecule has 0 bridgehead atoms. The van der Waals surface area contributed by atoms with Gasteiger partial charge in [0.1, 0.15) is 0 Å². The number of para-hydroxylation sites is 1. The van der Waals surface area contributed by atoms with Crippen molar-refractivity contribution in [2.45, 2.75) is 25.9 Å². The molecule has 2 aromatic carbocycles. The molecular formula is C21H20N6OS2. The Morgan fingerprint density at radius 3 is 2.60 bits per heavy atom. The van der Waals surface area contributed by atoms with Crippen LogP contribution in [0, 0.1) is 20.8 Å². The molecule has 0 aliphatic carbocycles. The quantitative estimate of drug-likeness (QED) is 0.450. The van der Waals surface area contributed by atoms with E-state index in [0.717, 1.165) is 16.9 Å². The van der Waals surface area contributed by atoms with Crippen molar-refractivity contribution in [3.63, 3.8) is 0 Å². The Labute approximate surface area is 182 Å². The van der Waals surface area contributed by atoms with Crippen LogP contribution in [-0.2, 0) is 4.79 Å². The second kappa shape index (κ2) is 8.76. The van der Waals surface area contributed by atoms with Crippen molar-refractivity contribution in [1.82, 2.24) is 25.2 Å². The lowest BCUT2D eigenvalue weighted by molar-refractivity contribution is -0.113. The lowest BCUT2D eigenvalue weighted by Crippen LogP contribution is -2.14. The van der Waals surface area contributed by atoms with Gasteiger partial charge in [-0.25, -0.2) is 4.98 Å². The summed E-state index contributed by atoms with van der Waals surface area (Å²) in [6.45, 7) is 6.25. The summed E-state index contributed by atoms with van der Waals surface area (Å²) in [6, 6.07) is 13.9. The number of benzene rings is 2. The zero-order valence-corrected chi connectivity index (χ0v) is 18.4. The monoisotopic (exact) mass is 436 g/mol. The van der Waals surface area contributed by atoms with Gasteiger partial charge >= 0.3 is 0 Å². The highest BCUT2D eigenvalue weighted by Crippen LogP contribution is 2.31. The predicted molar refractivity (Wildman–Crippen MR) is 120 cm³/mol. The Kier molecular flexibility index (Phi) is 5.91. The van der Waals surface area contributed by atoms with Crippen molar-refractivity contribution in [3.05, 3.63) is 64.5 Å². The minimum absolute atomic E-state index is 0.152. The maximum atomic E-state index is 12.4. The van der Waals surface area contributed by atoms with E-state index >= 15 is 0 Å². The van der Waals surface area contributed by atoms with Crippen molar-refractivity contribution in [2.24, 2.45) is 0 Å². The van der Waals surface area contributed by atoms with Crippen LogP contribution in [0.25, 0.3) is 16.9 Å². The van der Waals surface area contributed by atoms with Gasteiger partial charge in [-0.2, -0.15) is 4.68 Å². The fourth-order valence-electron chi connectivity index (χ4n) is 3.32. The Bertz CT molecular complexity index is 1160. The first-order valence-corrected chi connectivity index (χ1v) is 11.2. The zero-order valence-electron chi connectivity index (χ0n) is 16.8. The summed E-state index contributed by atoms with van der Waals surface area (Å²) in [4.78, 5) is 17.1. The van der Waals surface area contributed by atoms with E-state index in [1.165, 1.54) is 39.8 Å². The molecule has 152 valence electrons. The van der Waals surface area contributed by atoms with Crippen LogP contribution in [0.1, 0.15) is 16.7 Å². The van der Waals surface area contributed by atoms with Crippen LogP contribution in [0.2, 0.25) is 0 Å². The molecule has 30 heavy (non-hydrogen) atoms. The molecule has 9 heteroatoms. The van der Waals surface area contributed by atoms with E-state index in [0.29, 0.717) is 10.3 Å². The minimum atomic E-state index is -0.152. The first kappa shape index (κ1) is 20.2. The van der Waals surface area contributed by atoms with E-state index in [-0.39, 0.29) is 11.7 Å². The fraction of sp³-hybridized carbons (Fsp3) is 0.190. The molecule has 1 amide bonds. The topological polar surface area (TPSA) is 85.6 Å². The molecule has 0 atom stereocenters. The number of amides is 1. The van der Waals surface area contributed by atoms with Crippen LogP contribution < -0.4 is 5.32 Å². The van der Waals surface area contributed by atoms with Gasteiger partial charge in [0.05, 0.1) is 17.1 Å². The van der Waals surface area contributed by atoms with Gasteiger partial charge in [0.15, 0.2) is 5.13 Å². The Hall–Kier alpha value is -3.04. The van der Waals surface area contributed by atoms with Gasteiger partial charge in [0.25, 0.3) is 0 Å². The van der Waals surface area contributed by atoms with Gasteiger partial charge in [-0.15, -0.1) is 16.4 Å². The summed E-state index contributed by atoms with van der Waals surface area (Å²) in [5, 5.41) is 17.7. The van der Waals surface area contributed by atoms with E-state index in [2.05, 4.69) is 58.7 Å². The van der Waals surface area contributed by atoms with E-state index < -0.39 is 0 Å². The Morgan fingerprint density at radius 2 is 1.87 bits per heavy atom. The lowest BCUT2D eigenvalue weighted by atomic mass is 9.98. The molecule has 2 aromatic heterocycles. The van der Waals surface area contributed by atoms with Crippen molar-refractivity contribution >= 4 is 34.1 Å². The molecule has 0 saturated heterocycles. The average molecular weight is 437 g/mol. The number of aryl methyl sites for hydroxylation is 3. The van der Waals surface area contributed by atoms with Crippen LogP contribution in [0.15, 0.2) is 53.0 Å². The zero-order chi connectivity index (χ0) is 21.1. The first-order valence-electron chi connectivity index (χ1n) is 9.31. The van der Waals surface area contributed by atoms with Crippen LogP contribution in [0.4, 0.5) is 5.13 Å². The van der Waals surface area contributed by atoms with E-state index in [1.807, 2.05) is 35.7 Å². The maximum Gasteiger partial charge on any atom is 0.236 e. The van der Waals surface area contributed by atoms with Gasteiger partial charge in [-0.1, -0.05) is 47.7 Å². The number of hydrogen-bond acceptors (Lipinski definition) is 7. The third-order valence-corrected chi connectivity index (χ3v) is 6.13. The summed E-state index contributed by atoms with van der Waals surface area (Å²) >= 11 is 2.70. The summed E-state index contributed by atoms with van der Waals surface area (Å²) < 4.78 is 1.61. The molecular weight excluding hydrogens is 416 g/mol. The molecule has 0 aliphatic rings. The SMILES string of the molecule is Cc1cc(C)c(-c2csc(NC(=O)CSc3nnnn3-c3ccccc3)n2)c(C)c1. The van der Waals surface area contributed by atoms with Crippen molar-refractivity contribution in [3.8, 4) is 16.9 Å². The molecule has 4 rings (SSSR count). The van der Waals surface area contributed by atoms with Crippen LogP contribution in [0.3, 0.4) is 0 Å². The van der Waals surface area contributed by atoms with Gasteiger partial charge in [-0.05, 0) is 54.5 Å². The van der Waals surface area contributed by atoms with E-state index in [4.69, 9.17) is 0 Å². The standard InChI is InChI=1S/C21H20N6OS2/c1-13-9-14(2)19(15(3)10-13)17-11-29-20(22-17)23-18(28)12-30-21-24-25-26-27(21)16-7-5-4-6-8-16/h4-11H,12H2,1-3H3,(H,22,23,28). The molecule has 0 radical (unpaired) electrons. The van der Waals surface area contributed by atoms with Crippen molar-refractivity contribution in [1.29, 1.82) is 0 Å². The molecule has 2 heterocycles. The molecule has 0 fully saturated rings. The number of thiazole rings is 1. The van der Waals surface area contributed by atoms with Crippen molar-refractivity contribution < 1.29 is 4.79 Å². The van der Waals surface area contributed by atoms with Gasteiger partial charge in [0.2, 0.25) is 11.1 Å². The average Bonchev–Trinajstić information content (AvgIpc) is 3.36. The van der Waals surface area contributed by atoms with Crippen molar-refractivity contribution in [2.75, 3.05) is 11.1 Å². The van der Waals surface area contributed by atoms with E-state index in [1.54, 1.807) is 4.68 Å². The number of thioether (sulfide) groups is 1. The Balaban J connectivity index is 1.41. The number of rotatable bonds is 6. The first-order chi connectivity index (χ1) is 14.5. The van der Waals surface area contributed by atoms with Gasteiger partial charge < -0.3 is 5.32 Å². The summed E-state index contributed by atoms with van der Waals surface area (Å²) in [5.41, 5.74) is 6.43. The summed E-state index contributed by atoms with van der Waals surface area (Å²) in [5.74, 6) is 0.0332. The highest BCUT2D eigenvalue weighted by molar-refractivity contribution is 7.99. The fourth-order valence-corrected chi connectivity index (χ4v) is 4.72. The Morgan fingerprint density at radius 1 is 1.13 bits per heavy atom. The second-order valence-corrected chi connectivity index (χ2v) is 8.66. The van der Waals surface area contributed by atoms with Crippen LogP contribution in [0.5, 0.6) is 0 Å². The molecule has 0 aliphatic heterocycles. The molecule has 0 spiro atoms. The van der Waals surface area contributed by atoms with Gasteiger partial charge in [0, 0.05) is 10.9 Å². The number of tetrazole rings is 1. The molecule has 0 unspecified atom stereocenters. The number of hydrogen-bond donors (Lipinski definition) is 1. The second-order valence-electron chi connectivity index (χ2n) is 6.86. The summed E-state index contributed by atoms with van der Waals surface area (Å²) in [7, 11) is 0. The minimum Gasteiger partial charge on any atom is -0.301 e. The molecule has 4 aromatic rings. The van der Waals surface area contributed by atoms with E-state index in [9.17, 15) is 4.79 Å². The smallest absolute Gasteiger partial charge is 0.236 e. The maximum absolute atomic E-state index is 12.4. The highest BCUT2D eigenvalue weighted by Gasteiger charge is 2.14. The molecule has 7 nitrogen and oxygen atoms in total. The largest absolute Gasteiger partial charge is 0.301 e. The number of carbonyl (C=O) groups is 1. The van der Waals surface area contributed by atoms with Crippen LogP contribution in [-0.4, -0.2) is 36.9 Å². The number of nitrogens with zero attached hydrogens (tertiary/aromatic N) is 5. The van der Waals surface area contributed by atoms with Gasteiger partial charge in [-0.3, -0.25) is 4.79 Å². The summed E-state index contributed by atoms with van der Waals surface area (Å²) in [6.07, 6.45) is 0. The third-order valence-electron chi connectivity index (χ3n) is 4.46. The number of nitrogens with one attached hydrogen (secondary N) is 1. The molecule has 0 saturated carbocycles. The normalized spacial score (nSPS) is 10.9. The number of anilines is 1. The predicted octanol–water partition coefficient (Wildman–Crippen LogP) is 4.44.